The summed E-state index contributed by atoms with van der Waals surface area (Å²) in [7, 11) is 3.59. The van der Waals surface area contributed by atoms with Crippen molar-refractivity contribution in [2.24, 2.45) is 7.05 Å². The van der Waals surface area contributed by atoms with E-state index in [0.29, 0.717) is 13.1 Å². The van der Waals surface area contributed by atoms with Gasteiger partial charge in [-0.05, 0) is 42.7 Å². The van der Waals surface area contributed by atoms with E-state index in [2.05, 4.69) is 6.58 Å². The molecular weight excluding hydrogens is 366 g/mol. The molecule has 3 rings (SSSR count). The second-order valence-electron chi connectivity index (χ2n) is 7.45. The number of hydrogen-bond acceptors (Lipinski definition) is 3. The van der Waals surface area contributed by atoms with Crippen LogP contribution >= 0.6 is 0 Å². The topological polar surface area (TPSA) is 54.8 Å². The fraction of sp³-hybridized carbons (Fsp3) is 0.391. The molecule has 6 nitrogen and oxygen atoms in total. The molecule has 0 atom stereocenters. The van der Waals surface area contributed by atoms with Crippen LogP contribution in [0, 0.1) is 0 Å². The Morgan fingerprint density at radius 2 is 1.93 bits per heavy atom. The van der Waals surface area contributed by atoms with Crippen LogP contribution in [0.25, 0.3) is 0 Å². The molecule has 1 fully saturated rings. The Hall–Kier alpha value is -3.02. The number of ether oxygens (including phenoxy) is 1. The average molecular weight is 396 g/mol. The number of methoxy groups -OCH3 is 1. The van der Waals surface area contributed by atoms with Crippen molar-refractivity contribution >= 4 is 11.8 Å². The highest BCUT2D eigenvalue weighted by atomic mass is 16.5. The minimum atomic E-state index is -0.0852. The van der Waals surface area contributed by atoms with Gasteiger partial charge in [-0.15, -0.1) is 6.58 Å². The molecule has 1 aliphatic rings. The molecular formula is C23H29N3O3. The van der Waals surface area contributed by atoms with Gasteiger partial charge in [0.2, 0.25) is 11.8 Å². The molecule has 1 aliphatic carbocycles. The van der Waals surface area contributed by atoms with Gasteiger partial charge in [0.25, 0.3) is 0 Å². The summed E-state index contributed by atoms with van der Waals surface area (Å²) < 4.78 is 7.19. The first kappa shape index (κ1) is 20.7. The first-order chi connectivity index (χ1) is 14.0. The van der Waals surface area contributed by atoms with Crippen LogP contribution in [0.4, 0.5) is 0 Å². The lowest BCUT2D eigenvalue weighted by molar-refractivity contribution is -0.140. The maximum absolute atomic E-state index is 13.1. The zero-order chi connectivity index (χ0) is 20.8. The highest BCUT2D eigenvalue weighted by molar-refractivity contribution is 5.86. The molecule has 1 aromatic heterocycles. The number of carbonyl (C=O) groups is 2. The van der Waals surface area contributed by atoms with Crippen molar-refractivity contribution in [3.8, 4) is 5.75 Å². The van der Waals surface area contributed by atoms with E-state index in [1.54, 1.807) is 18.1 Å². The first-order valence-corrected chi connectivity index (χ1v) is 9.93. The molecule has 154 valence electrons. The summed E-state index contributed by atoms with van der Waals surface area (Å²) in [5.41, 5.74) is 1.98. The number of benzene rings is 1. The summed E-state index contributed by atoms with van der Waals surface area (Å²) in [5.74, 6) is 0.650. The lowest BCUT2D eigenvalue weighted by Crippen LogP contribution is -2.44. The van der Waals surface area contributed by atoms with Crippen LogP contribution in [-0.4, -0.2) is 52.4 Å². The Kier molecular flexibility index (Phi) is 6.75. The van der Waals surface area contributed by atoms with Crippen LogP contribution in [0.15, 0.2) is 55.3 Å². The lowest BCUT2D eigenvalue weighted by Gasteiger charge is -2.27. The summed E-state index contributed by atoms with van der Waals surface area (Å²) in [6.45, 7) is 4.74. The number of carbonyl (C=O) groups excluding carboxylic acids is 2. The van der Waals surface area contributed by atoms with Gasteiger partial charge in [-0.25, -0.2) is 0 Å². The normalized spacial score (nSPS) is 13.0. The highest BCUT2D eigenvalue weighted by Crippen LogP contribution is 2.28. The monoisotopic (exact) mass is 395 g/mol. The van der Waals surface area contributed by atoms with Gasteiger partial charge in [0.15, 0.2) is 0 Å². The van der Waals surface area contributed by atoms with Gasteiger partial charge in [-0.2, -0.15) is 0 Å². The van der Waals surface area contributed by atoms with E-state index in [0.717, 1.165) is 29.8 Å². The number of hydrogen-bond donors (Lipinski definition) is 0. The van der Waals surface area contributed by atoms with Crippen LogP contribution in [0.5, 0.6) is 5.75 Å². The number of aromatic nitrogens is 1. The molecule has 0 aliphatic heterocycles. The predicted octanol–water partition coefficient (Wildman–Crippen LogP) is 2.78. The second kappa shape index (κ2) is 9.45. The molecule has 29 heavy (non-hydrogen) atoms. The smallest absolute Gasteiger partial charge is 0.242 e. The molecule has 6 heteroatoms. The van der Waals surface area contributed by atoms with E-state index >= 15 is 0 Å². The minimum Gasteiger partial charge on any atom is -0.497 e. The Morgan fingerprint density at radius 1 is 1.21 bits per heavy atom. The standard InChI is InChI=1S/C23H29N3O3/c1-4-13-25(22(27)15-18-7-11-21(29-3)12-8-18)17-23(28)26(19-9-10-19)16-20-6-5-14-24(20)2/h4-8,11-12,14,19H,1,9-10,13,15-17H2,2-3H3. The molecule has 0 N–H and O–H groups in total. The van der Waals surface area contributed by atoms with Gasteiger partial charge in [0.1, 0.15) is 12.3 Å². The second-order valence-corrected chi connectivity index (χ2v) is 7.45. The SMILES string of the molecule is C=CCN(CC(=O)N(Cc1cccn1C)C1CC1)C(=O)Cc1ccc(OC)cc1. The van der Waals surface area contributed by atoms with E-state index < -0.39 is 0 Å². The van der Waals surface area contributed by atoms with Gasteiger partial charge in [0, 0.05) is 31.5 Å². The fourth-order valence-electron chi connectivity index (χ4n) is 3.34. The number of aryl methyl sites for hydroxylation is 1. The van der Waals surface area contributed by atoms with Gasteiger partial charge in [0.05, 0.1) is 20.1 Å². The predicted molar refractivity (Wildman–Crippen MR) is 112 cm³/mol. The average Bonchev–Trinajstić information content (AvgIpc) is 3.48. The van der Waals surface area contributed by atoms with Crippen LogP contribution in [0.1, 0.15) is 24.1 Å². The maximum Gasteiger partial charge on any atom is 0.242 e. The van der Waals surface area contributed by atoms with E-state index in [9.17, 15) is 9.59 Å². The van der Waals surface area contributed by atoms with Gasteiger partial charge >= 0.3 is 0 Å². The Balaban J connectivity index is 1.65. The molecule has 2 amide bonds. The zero-order valence-electron chi connectivity index (χ0n) is 17.2. The maximum atomic E-state index is 13.1. The summed E-state index contributed by atoms with van der Waals surface area (Å²) in [6.07, 6.45) is 5.94. The van der Waals surface area contributed by atoms with Crippen molar-refractivity contribution in [1.82, 2.24) is 14.4 Å². The molecule has 0 bridgehead atoms. The third-order valence-corrected chi connectivity index (χ3v) is 5.23. The summed E-state index contributed by atoms with van der Waals surface area (Å²) in [5, 5.41) is 0. The van der Waals surface area contributed by atoms with Crippen LogP contribution in [0.3, 0.4) is 0 Å². The van der Waals surface area contributed by atoms with Gasteiger partial charge in [-0.1, -0.05) is 18.2 Å². The zero-order valence-corrected chi connectivity index (χ0v) is 17.2. The Bertz CT molecular complexity index is 853. The first-order valence-electron chi connectivity index (χ1n) is 9.93. The van der Waals surface area contributed by atoms with Crippen molar-refractivity contribution in [2.45, 2.75) is 31.8 Å². The lowest BCUT2D eigenvalue weighted by atomic mass is 10.1. The summed E-state index contributed by atoms with van der Waals surface area (Å²) >= 11 is 0. The Labute approximate surface area is 172 Å². The minimum absolute atomic E-state index is 0.0152. The van der Waals surface area contributed by atoms with Crippen LogP contribution in [-0.2, 0) is 29.6 Å². The third-order valence-electron chi connectivity index (χ3n) is 5.23. The molecule has 1 aromatic carbocycles. The molecule has 0 unspecified atom stereocenters. The van der Waals surface area contributed by atoms with Crippen molar-refractivity contribution in [3.05, 3.63) is 66.5 Å². The van der Waals surface area contributed by atoms with E-state index in [1.807, 2.05) is 59.1 Å². The molecule has 0 spiro atoms. The number of nitrogens with zero attached hydrogens (tertiary/aromatic N) is 3. The van der Waals surface area contributed by atoms with E-state index in [-0.39, 0.29) is 30.8 Å². The molecule has 0 saturated heterocycles. The van der Waals surface area contributed by atoms with Crippen molar-refractivity contribution in [2.75, 3.05) is 20.2 Å². The molecule has 1 heterocycles. The van der Waals surface area contributed by atoms with Crippen molar-refractivity contribution in [3.63, 3.8) is 0 Å². The third kappa shape index (κ3) is 5.50. The van der Waals surface area contributed by atoms with Crippen LogP contribution < -0.4 is 4.74 Å². The van der Waals surface area contributed by atoms with Gasteiger partial charge < -0.3 is 19.1 Å². The van der Waals surface area contributed by atoms with E-state index in [1.165, 1.54) is 0 Å². The van der Waals surface area contributed by atoms with Gasteiger partial charge in [-0.3, -0.25) is 9.59 Å². The molecule has 0 radical (unpaired) electrons. The van der Waals surface area contributed by atoms with E-state index in [4.69, 9.17) is 4.74 Å². The van der Waals surface area contributed by atoms with Crippen molar-refractivity contribution in [1.29, 1.82) is 0 Å². The highest BCUT2D eigenvalue weighted by Gasteiger charge is 2.34. The summed E-state index contributed by atoms with van der Waals surface area (Å²) in [4.78, 5) is 29.4. The molecule has 2 aromatic rings. The largest absolute Gasteiger partial charge is 0.497 e. The molecule has 1 saturated carbocycles. The Morgan fingerprint density at radius 3 is 2.48 bits per heavy atom. The quantitative estimate of drug-likeness (QED) is 0.582. The number of rotatable bonds is 10. The number of amides is 2. The summed E-state index contributed by atoms with van der Waals surface area (Å²) in [6, 6.07) is 11.7. The van der Waals surface area contributed by atoms with Crippen LogP contribution in [0.2, 0.25) is 0 Å². The fourth-order valence-corrected chi connectivity index (χ4v) is 3.34. The van der Waals surface area contributed by atoms with Crippen molar-refractivity contribution < 1.29 is 14.3 Å².